The normalized spacial score (nSPS) is 13.7. The summed E-state index contributed by atoms with van der Waals surface area (Å²) >= 11 is 1.07. The highest BCUT2D eigenvalue weighted by Crippen LogP contribution is 2.19. The van der Waals surface area contributed by atoms with E-state index in [4.69, 9.17) is 5.11 Å². The largest absolute Gasteiger partial charge is 0.480 e. The minimum Gasteiger partial charge on any atom is -0.480 e. The van der Waals surface area contributed by atoms with Gasteiger partial charge in [-0.3, -0.25) is 4.79 Å². The highest BCUT2D eigenvalue weighted by molar-refractivity contribution is 7.91. The molecule has 0 fully saturated rings. The molecule has 1 heterocycles. The molecule has 0 aliphatic heterocycles. The van der Waals surface area contributed by atoms with Crippen LogP contribution >= 0.6 is 11.3 Å². The summed E-state index contributed by atoms with van der Waals surface area (Å²) in [6, 6.07) is 0.374. The predicted octanol–water partition coefficient (Wildman–Crippen LogP) is 0.808. The van der Waals surface area contributed by atoms with E-state index in [9.17, 15) is 13.2 Å². The van der Waals surface area contributed by atoms with Gasteiger partial charge < -0.3 is 5.11 Å². The SMILES string of the molecule is Cc1csc(S(=O)(=O)N[C@@H](C)C(=O)O)c1. The Morgan fingerprint density at radius 3 is 2.60 bits per heavy atom. The summed E-state index contributed by atoms with van der Waals surface area (Å²) in [7, 11) is -3.70. The van der Waals surface area contributed by atoms with Gasteiger partial charge in [-0.1, -0.05) is 0 Å². The first kappa shape index (κ1) is 12.2. The van der Waals surface area contributed by atoms with Crippen molar-refractivity contribution in [3.63, 3.8) is 0 Å². The van der Waals surface area contributed by atoms with Gasteiger partial charge in [0.25, 0.3) is 10.0 Å². The van der Waals surface area contributed by atoms with Crippen molar-refractivity contribution < 1.29 is 18.3 Å². The van der Waals surface area contributed by atoms with Crippen molar-refractivity contribution in [2.75, 3.05) is 0 Å². The third-order valence-electron chi connectivity index (χ3n) is 1.67. The number of nitrogens with one attached hydrogen (secondary N) is 1. The first-order valence-corrected chi connectivity index (χ1v) is 6.49. The zero-order valence-corrected chi connectivity index (χ0v) is 9.85. The van der Waals surface area contributed by atoms with Crippen molar-refractivity contribution >= 4 is 27.3 Å². The van der Waals surface area contributed by atoms with Crippen molar-refractivity contribution in [1.82, 2.24) is 4.72 Å². The molecular formula is C8H11NO4S2. The van der Waals surface area contributed by atoms with Gasteiger partial charge in [0.15, 0.2) is 0 Å². The summed E-state index contributed by atoms with van der Waals surface area (Å²) in [6.07, 6.45) is 0. The van der Waals surface area contributed by atoms with Crippen LogP contribution < -0.4 is 4.72 Å². The maximum absolute atomic E-state index is 11.6. The Morgan fingerprint density at radius 2 is 2.20 bits per heavy atom. The second-order valence-corrected chi connectivity index (χ2v) is 5.98. The van der Waals surface area contributed by atoms with Crippen LogP contribution in [0.3, 0.4) is 0 Å². The number of carboxylic acid groups (broad SMARTS) is 1. The molecular weight excluding hydrogens is 238 g/mol. The number of rotatable bonds is 4. The molecule has 1 atom stereocenters. The summed E-state index contributed by atoms with van der Waals surface area (Å²) in [6.45, 7) is 3.05. The average Bonchev–Trinajstić information content (AvgIpc) is 2.51. The van der Waals surface area contributed by atoms with Crippen molar-refractivity contribution in [2.24, 2.45) is 0 Å². The molecule has 1 rings (SSSR count). The van der Waals surface area contributed by atoms with Crippen molar-refractivity contribution in [3.05, 3.63) is 17.0 Å². The second kappa shape index (κ2) is 4.30. The fraction of sp³-hybridized carbons (Fsp3) is 0.375. The van der Waals surface area contributed by atoms with E-state index >= 15 is 0 Å². The molecule has 0 unspecified atom stereocenters. The summed E-state index contributed by atoms with van der Waals surface area (Å²) in [5.74, 6) is -1.20. The fourth-order valence-corrected chi connectivity index (χ4v) is 3.33. The average molecular weight is 249 g/mol. The molecule has 5 nitrogen and oxygen atoms in total. The van der Waals surface area contributed by atoms with Crippen LogP contribution in [0.4, 0.5) is 0 Å². The molecule has 84 valence electrons. The predicted molar refractivity (Wildman–Crippen MR) is 56.5 cm³/mol. The molecule has 0 saturated heterocycles. The number of carboxylic acids is 1. The first-order valence-electron chi connectivity index (χ1n) is 4.13. The third-order valence-corrected chi connectivity index (χ3v) is 4.77. The topological polar surface area (TPSA) is 83.5 Å². The van der Waals surface area contributed by atoms with Gasteiger partial charge in [0.05, 0.1) is 0 Å². The standard InChI is InChI=1S/C8H11NO4S2/c1-5-3-7(14-4-5)15(12,13)9-6(2)8(10)11/h3-4,6,9H,1-2H3,(H,10,11)/t6-/m0/s1. The van der Waals surface area contributed by atoms with Gasteiger partial charge in [0.2, 0.25) is 0 Å². The van der Waals surface area contributed by atoms with Gasteiger partial charge in [0.1, 0.15) is 10.3 Å². The Bertz CT molecular complexity index is 463. The van der Waals surface area contributed by atoms with Gasteiger partial charge in [-0.15, -0.1) is 11.3 Å². The van der Waals surface area contributed by atoms with E-state index in [-0.39, 0.29) is 4.21 Å². The third kappa shape index (κ3) is 3.01. The molecule has 15 heavy (non-hydrogen) atoms. The van der Waals surface area contributed by atoms with Gasteiger partial charge in [0, 0.05) is 0 Å². The maximum atomic E-state index is 11.6. The van der Waals surface area contributed by atoms with Crippen LogP contribution in [0.2, 0.25) is 0 Å². The van der Waals surface area contributed by atoms with E-state index in [0.717, 1.165) is 16.9 Å². The minimum absolute atomic E-state index is 0.133. The Labute approximate surface area is 91.8 Å². The van der Waals surface area contributed by atoms with E-state index in [1.54, 1.807) is 12.3 Å². The van der Waals surface area contributed by atoms with E-state index in [1.807, 2.05) is 0 Å². The van der Waals surface area contributed by atoms with Crippen molar-refractivity contribution in [3.8, 4) is 0 Å². The van der Waals surface area contributed by atoms with Gasteiger partial charge >= 0.3 is 5.97 Å². The molecule has 0 amide bonds. The van der Waals surface area contributed by atoms with E-state index in [2.05, 4.69) is 4.72 Å². The molecule has 1 aromatic heterocycles. The summed E-state index contributed by atoms with van der Waals surface area (Å²) in [5.41, 5.74) is 0.836. The van der Waals surface area contributed by atoms with Crippen LogP contribution in [-0.2, 0) is 14.8 Å². The lowest BCUT2D eigenvalue weighted by Gasteiger charge is -2.07. The van der Waals surface area contributed by atoms with Crippen LogP contribution in [0.5, 0.6) is 0 Å². The molecule has 0 aromatic carbocycles. The maximum Gasteiger partial charge on any atom is 0.321 e. The monoisotopic (exact) mass is 249 g/mol. The zero-order chi connectivity index (χ0) is 11.6. The lowest BCUT2D eigenvalue weighted by atomic mass is 10.4. The van der Waals surface area contributed by atoms with Crippen LogP contribution in [0.15, 0.2) is 15.7 Å². The van der Waals surface area contributed by atoms with Crippen LogP contribution in [0.25, 0.3) is 0 Å². The summed E-state index contributed by atoms with van der Waals surface area (Å²) in [5, 5.41) is 10.3. The Morgan fingerprint density at radius 1 is 1.60 bits per heavy atom. The van der Waals surface area contributed by atoms with Crippen LogP contribution in [0.1, 0.15) is 12.5 Å². The number of aryl methyl sites for hydroxylation is 1. The molecule has 0 radical (unpaired) electrons. The molecule has 7 heteroatoms. The van der Waals surface area contributed by atoms with Gasteiger partial charge in [-0.2, -0.15) is 4.72 Å². The molecule has 0 spiro atoms. The summed E-state index contributed by atoms with van der Waals surface area (Å²) < 4.78 is 25.4. The molecule has 0 saturated carbocycles. The highest BCUT2D eigenvalue weighted by atomic mass is 32.2. The summed E-state index contributed by atoms with van der Waals surface area (Å²) in [4.78, 5) is 10.5. The number of sulfonamides is 1. The van der Waals surface area contributed by atoms with Gasteiger partial charge in [-0.05, 0) is 30.9 Å². The number of aliphatic carboxylic acids is 1. The smallest absolute Gasteiger partial charge is 0.321 e. The lowest BCUT2D eigenvalue weighted by Crippen LogP contribution is -2.37. The second-order valence-electron chi connectivity index (χ2n) is 3.12. The highest BCUT2D eigenvalue weighted by Gasteiger charge is 2.22. The first-order chi connectivity index (χ1) is 6.83. The van der Waals surface area contributed by atoms with Crippen LogP contribution in [-0.4, -0.2) is 25.5 Å². The molecule has 2 N–H and O–H groups in total. The Hall–Kier alpha value is -0.920. The minimum atomic E-state index is -3.70. The lowest BCUT2D eigenvalue weighted by molar-refractivity contribution is -0.138. The van der Waals surface area contributed by atoms with Crippen LogP contribution in [0, 0.1) is 6.92 Å². The number of hydrogen-bond acceptors (Lipinski definition) is 4. The van der Waals surface area contributed by atoms with Crippen molar-refractivity contribution in [2.45, 2.75) is 24.1 Å². The molecule has 0 aliphatic rings. The zero-order valence-electron chi connectivity index (χ0n) is 8.22. The fourth-order valence-electron chi connectivity index (χ4n) is 0.887. The Balaban J connectivity index is 2.90. The van der Waals surface area contributed by atoms with E-state index in [0.29, 0.717) is 0 Å². The number of thiophene rings is 1. The number of carbonyl (C=O) groups is 1. The van der Waals surface area contributed by atoms with Gasteiger partial charge in [-0.25, -0.2) is 8.42 Å². The molecule has 1 aromatic rings. The Kier molecular flexibility index (Phi) is 3.48. The quantitative estimate of drug-likeness (QED) is 0.827. The number of hydrogen-bond donors (Lipinski definition) is 2. The molecule has 0 bridgehead atoms. The van der Waals surface area contributed by atoms with E-state index in [1.165, 1.54) is 13.0 Å². The van der Waals surface area contributed by atoms with E-state index < -0.39 is 22.0 Å². The molecule has 0 aliphatic carbocycles. The van der Waals surface area contributed by atoms with Crippen molar-refractivity contribution in [1.29, 1.82) is 0 Å².